The standard InChI is InChI=1S/C23H25NO2/c1-16(15-23(26)24-21-8-10-22(25)11-9-21)6-5-7-19(4)20-13-17(2)12-18(3)14-20/h5-15,25H,1-4H3,(H,24,26)/b6-5+,16-15+,19-7-. The number of carbonyl (C=O) groups excluding carboxylic acids is 1. The van der Waals surface area contributed by atoms with Crippen LogP contribution in [-0.2, 0) is 4.79 Å². The second kappa shape index (κ2) is 8.86. The van der Waals surface area contributed by atoms with Crippen LogP contribution in [0.2, 0.25) is 0 Å². The van der Waals surface area contributed by atoms with Crippen LogP contribution >= 0.6 is 0 Å². The lowest BCUT2D eigenvalue weighted by Crippen LogP contribution is -2.08. The monoisotopic (exact) mass is 347 g/mol. The van der Waals surface area contributed by atoms with Gasteiger partial charge in [0.1, 0.15) is 5.75 Å². The molecule has 26 heavy (non-hydrogen) atoms. The maximum Gasteiger partial charge on any atom is 0.248 e. The summed E-state index contributed by atoms with van der Waals surface area (Å²) in [6, 6.07) is 12.9. The topological polar surface area (TPSA) is 49.3 Å². The lowest BCUT2D eigenvalue weighted by Gasteiger charge is -2.04. The highest BCUT2D eigenvalue weighted by molar-refractivity contribution is 6.00. The molecule has 0 atom stereocenters. The fraction of sp³-hybridized carbons (Fsp3) is 0.174. The molecule has 0 aromatic heterocycles. The normalized spacial score (nSPS) is 12.5. The highest BCUT2D eigenvalue weighted by Crippen LogP contribution is 2.18. The number of rotatable bonds is 5. The van der Waals surface area contributed by atoms with Crippen LogP contribution in [0.3, 0.4) is 0 Å². The van der Waals surface area contributed by atoms with E-state index < -0.39 is 0 Å². The van der Waals surface area contributed by atoms with Gasteiger partial charge in [0, 0.05) is 11.8 Å². The predicted octanol–water partition coefficient (Wildman–Crippen LogP) is 5.55. The lowest BCUT2D eigenvalue weighted by atomic mass is 10.0. The van der Waals surface area contributed by atoms with Crippen LogP contribution in [0, 0.1) is 13.8 Å². The average molecular weight is 347 g/mol. The summed E-state index contributed by atoms with van der Waals surface area (Å²) in [5.74, 6) is -0.0311. The van der Waals surface area contributed by atoms with Crippen LogP contribution in [0.4, 0.5) is 5.69 Å². The van der Waals surface area contributed by atoms with Crippen molar-refractivity contribution in [3.63, 3.8) is 0 Å². The summed E-state index contributed by atoms with van der Waals surface area (Å²) in [5.41, 5.74) is 6.38. The molecule has 0 fully saturated rings. The van der Waals surface area contributed by atoms with Crippen LogP contribution in [0.15, 0.2) is 72.3 Å². The van der Waals surface area contributed by atoms with Gasteiger partial charge in [0.05, 0.1) is 0 Å². The minimum absolute atomic E-state index is 0.170. The van der Waals surface area contributed by atoms with E-state index in [0.717, 1.165) is 5.57 Å². The van der Waals surface area contributed by atoms with Crippen LogP contribution in [0.25, 0.3) is 5.57 Å². The second-order valence-corrected chi connectivity index (χ2v) is 6.51. The summed E-state index contributed by atoms with van der Waals surface area (Å²) in [5, 5.41) is 12.0. The van der Waals surface area contributed by atoms with Gasteiger partial charge in [0.2, 0.25) is 5.91 Å². The maximum absolute atomic E-state index is 12.0. The van der Waals surface area contributed by atoms with Crippen LogP contribution in [0.1, 0.15) is 30.5 Å². The first-order valence-electron chi connectivity index (χ1n) is 8.55. The molecule has 0 aliphatic heterocycles. The number of carbonyl (C=O) groups is 1. The SMILES string of the molecule is C/C(=C/C=C/C(C)=C/C(=O)Nc1ccc(O)cc1)c1cc(C)cc(C)c1. The Kier molecular flexibility index (Phi) is 6.56. The molecule has 0 aliphatic carbocycles. The molecule has 3 heteroatoms. The quantitative estimate of drug-likeness (QED) is 0.423. The minimum atomic E-state index is -0.201. The highest BCUT2D eigenvalue weighted by Gasteiger charge is 1.99. The number of hydrogen-bond acceptors (Lipinski definition) is 2. The third-order valence-corrected chi connectivity index (χ3v) is 3.88. The molecule has 0 bridgehead atoms. The molecule has 134 valence electrons. The van der Waals surface area contributed by atoms with Crippen molar-refractivity contribution in [2.24, 2.45) is 0 Å². The minimum Gasteiger partial charge on any atom is -0.508 e. The summed E-state index contributed by atoms with van der Waals surface area (Å²) < 4.78 is 0. The number of benzene rings is 2. The molecule has 2 aromatic carbocycles. The second-order valence-electron chi connectivity index (χ2n) is 6.51. The van der Waals surface area contributed by atoms with Gasteiger partial charge in [0.15, 0.2) is 0 Å². The molecule has 0 aliphatic rings. The molecule has 0 saturated heterocycles. The van der Waals surface area contributed by atoms with Crippen molar-refractivity contribution in [2.45, 2.75) is 27.7 Å². The van der Waals surface area contributed by atoms with E-state index in [9.17, 15) is 9.90 Å². The Balaban J connectivity index is 2.00. The van der Waals surface area contributed by atoms with Crippen LogP contribution < -0.4 is 5.32 Å². The van der Waals surface area contributed by atoms with Crippen molar-refractivity contribution in [1.82, 2.24) is 0 Å². The van der Waals surface area contributed by atoms with E-state index in [0.29, 0.717) is 5.69 Å². The zero-order valence-electron chi connectivity index (χ0n) is 15.7. The largest absolute Gasteiger partial charge is 0.508 e. The molecule has 2 N–H and O–H groups in total. The van der Waals surface area contributed by atoms with Gasteiger partial charge in [-0.05, 0) is 68.7 Å². The van der Waals surface area contributed by atoms with Gasteiger partial charge in [-0.1, -0.05) is 47.6 Å². The number of amides is 1. The van der Waals surface area contributed by atoms with Gasteiger partial charge in [-0.15, -0.1) is 0 Å². The number of phenols is 1. The average Bonchev–Trinajstić information content (AvgIpc) is 2.55. The van der Waals surface area contributed by atoms with E-state index in [2.05, 4.69) is 44.3 Å². The van der Waals surface area contributed by atoms with Crippen molar-refractivity contribution < 1.29 is 9.90 Å². The van der Waals surface area contributed by atoms with Crippen molar-refractivity contribution in [3.8, 4) is 5.75 Å². The summed E-state index contributed by atoms with van der Waals surface area (Å²) in [4.78, 5) is 12.0. The van der Waals surface area contributed by atoms with Gasteiger partial charge in [-0.2, -0.15) is 0 Å². The number of anilines is 1. The molecule has 2 rings (SSSR count). The number of nitrogens with one attached hydrogen (secondary N) is 1. The number of phenolic OH excluding ortho intramolecular Hbond substituents is 1. The van der Waals surface area contributed by atoms with E-state index in [-0.39, 0.29) is 11.7 Å². The molecule has 1 amide bonds. The molecule has 0 spiro atoms. The molecule has 0 saturated carbocycles. The van der Waals surface area contributed by atoms with Crippen LogP contribution in [0.5, 0.6) is 5.75 Å². The van der Waals surface area contributed by atoms with Crippen molar-refractivity contribution in [2.75, 3.05) is 5.32 Å². The third-order valence-electron chi connectivity index (χ3n) is 3.88. The highest BCUT2D eigenvalue weighted by atomic mass is 16.3. The van der Waals surface area contributed by atoms with Gasteiger partial charge in [-0.25, -0.2) is 0 Å². The molecule has 0 heterocycles. The fourth-order valence-electron chi connectivity index (χ4n) is 2.62. The summed E-state index contributed by atoms with van der Waals surface area (Å²) in [7, 11) is 0. The molecule has 3 nitrogen and oxygen atoms in total. The lowest BCUT2D eigenvalue weighted by molar-refractivity contribution is -0.111. The molecule has 0 radical (unpaired) electrons. The van der Waals surface area contributed by atoms with E-state index in [1.54, 1.807) is 18.2 Å². The van der Waals surface area contributed by atoms with Gasteiger partial charge >= 0.3 is 0 Å². The number of hydrogen-bond donors (Lipinski definition) is 2. The Labute approximate surface area is 155 Å². The third kappa shape index (κ3) is 6.10. The summed E-state index contributed by atoms with van der Waals surface area (Å²) in [6.45, 7) is 8.15. The van der Waals surface area contributed by atoms with E-state index in [4.69, 9.17) is 0 Å². The Morgan fingerprint density at radius 2 is 1.62 bits per heavy atom. The smallest absolute Gasteiger partial charge is 0.248 e. The van der Waals surface area contributed by atoms with E-state index >= 15 is 0 Å². The first-order valence-corrected chi connectivity index (χ1v) is 8.55. The van der Waals surface area contributed by atoms with E-state index in [1.807, 2.05) is 25.2 Å². The van der Waals surface area contributed by atoms with Gasteiger partial charge in [-0.3, -0.25) is 4.79 Å². The Morgan fingerprint density at radius 3 is 2.23 bits per heavy atom. The zero-order valence-corrected chi connectivity index (χ0v) is 15.7. The Morgan fingerprint density at radius 1 is 1.00 bits per heavy atom. The Bertz CT molecular complexity index is 851. The molecule has 2 aromatic rings. The van der Waals surface area contributed by atoms with E-state index in [1.165, 1.54) is 34.4 Å². The summed E-state index contributed by atoms with van der Waals surface area (Å²) in [6.07, 6.45) is 7.45. The zero-order chi connectivity index (χ0) is 19.1. The first kappa shape index (κ1) is 19.3. The molecular weight excluding hydrogens is 322 g/mol. The number of allylic oxidation sites excluding steroid dienone is 5. The van der Waals surface area contributed by atoms with Crippen molar-refractivity contribution in [1.29, 1.82) is 0 Å². The summed E-state index contributed by atoms with van der Waals surface area (Å²) >= 11 is 0. The first-order chi connectivity index (χ1) is 12.3. The van der Waals surface area contributed by atoms with Crippen molar-refractivity contribution in [3.05, 3.63) is 89.0 Å². The Hall–Kier alpha value is -3.07. The van der Waals surface area contributed by atoms with Crippen molar-refractivity contribution >= 4 is 17.2 Å². The van der Waals surface area contributed by atoms with Crippen LogP contribution in [-0.4, -0.2) is 11.0 Å². The van der Waals surface area contributed by atoms with Gasteiger partial charge < -0.3 is 10.4 Å². The predicted molar refractivity (Wildman–Crippen MR) is 109 cm³/mol. The molecule has 0 unspecified atom stereocenters. The molecular formula is C23H25NO2. The number of aryl methyl sites for hydroxylation is 2. The van der Waals surface area contributed by atoms with Gasteiger partial charge in [0.25, 0.3) is 0 Å². The number of aromatic hydroxyl groups is 1. The maximum atomic E-state index is 12.0. The fourth-order valence-corrected chi connectivity index (χ4v) is 2.62.